The number of carbonyl (C=O) groups is 2. The van der Waals surface area contributed by atoms with E-state index in [1.807, 2.05) is 56.3 Å². The van der Waals surface area contributed by atoms with Crippen molar-refractivity contribution in [1.82, 2.24) is 14.5 Å². The quantitative estimate of drug-likeness (QED) is 0.167. The summed E-state index contributed by atoms with van der Waals surface area (Å²) in [5.41, 5.74) is 5.21. The van der Waals surface area contributed by atoms with E-state index >= 15 is 0 Å². The lowest BCUT2D eigenvalue weighted by Crippen LogP contribution is -2.23. The van der Waals surface area contributed by atoms with Gasteiger partial charge < -0.3 is 15.0 Å². The van der Waals surface area contributed by atoms with Gasteiger partial charge in [0.05, 0.1) is 23.6 Å². The van der Waals surface area contributed by atoms with Gasteiger partial charge in [0.2, 0.25) is 5.91 Å². The highest BCUT2D eigenvalue weighted by atomic mass is 32.2. The first-order chi connectivity index (χ1) is 18.4. The number of para-hydroxylation sites is 1. The lowest BCUT2D eigenvalue weighted by molar-refractivity contribution is -0.113. The summed E-state index contributed by atoms with van der Waals surface area (Å²) < 4.78 is 6.57. The number of benzene rings is 3. The average Bonchev–Trinajstić information content (AvgIpc) is 3.29. The van der Waals surface area contributed by atoms with Crippen molar-refractivity contribution in [1.29, 1.82) is 0 Å². The Labute approximate surface area is 223 Å². The molecule has 3 aromatic carbocycles. The first kappa shape index (κ1) is 25.3. The summed E-state index contributed by atoms with van der Waals surface area (Å²) in [5, 5.41) is 4.11. The first-order valence-electron chi connectivity index (χ1n) is 12.2. The Morgan fingerprint density at radius 1 is 1.05 bits per heavy atom. The molecule has 0 aliphatic rings. The molecule has 0 aliphatic carbocycles. The molecule has 5 rings (SSSR count). The Kier molecular flexibility index (Phi) is 7.02. The summed E-state index contributed by atoms with van der Waals surface area (Å²) in [6.07, 6.45) is 0. The lowest BCUT2D eigenvalue weighted by Gasteiger charge is -2.15. The molecule has 0 fully saturated rings. The zero-order valence-corrected chi connectivity index (χ0v) is 22.0. The van der Waals surface area contributed by atoms with Crippen molar-refractivity contribution in [3.8, 4) is 5.69 Å². The van der Waals surface area contributed by atoms with E-state index in [4.69, 9.17) is 9.72 Å². The number of hydrogen-bond acceptors (Lipinski definition) is 6. The number of nitrogens with zero attached hydrogens (tertiary/aromatic N) is 2. The highest BCUT2D eigenvalue weighted by molar-refractivity contribution is 7.99. The summed E-state index contributed by atoms with van der Waals surface area (Å²) in [6.45, 7) is 5.95. The molecule has 5 aromatic rings. The molecular formula is C29H26N4O4S. The zero-order valence-electron chi connectivity index (χ0n) is 21.2. The molecule has 0 bridgehead atoms. The van der Waals surface area contributed by atoms with Crippen LogP contribution >= 0.6 is 11.8 Å². The van der Waals surface area contributed by atoms with Crippen molar-refractivity contribution in [3.63, 3.8) is 0 Å². The van der Waals surface area contributed by atoms with Gasteiger partial charge in [0.25, 0.3) is 5.56 Å². The largest absolute Gasteiger partial charge is 0.462 e. The van der Waals surface area contributed by atoms with Gasteiger partial charge in [-0.25, -0.2) is 9.78 Å². The second kappa shape index (κ2) is 10.5. The van der Waals surface area contributed by atoms with Gasteiger partial charge in [0, 0.05) is 16.6 Å². The van der Waals surface area contributed by atoms with Crippen molar-refractivity contribution in [2.24, 2.45) is 0 Å². The summed E-state index contributed by atoms with van der Waals surface area (Å²) in [4.78, 5) is 46.6. The number of fused-ring (bicyclic) bond motifs is 3. The number of nitrogens with one attached hydrogen (secondary N) is 2. The number of thioether (sulfide) groups is 1. The minimum absolute atomic E-state index is 0.0325. The van der Waals surface area contributed by atoms with Crippen LogP contribution in [0.15, 0.2) is 76.7 Å². The standard InChI is InChI=1S/C29H26N4O4S/c1-4-37-28(36)19-11-13-20(14-12-19)30-24(34)16-38-29-32-25-21-7-5-6-8-22(21)31-26(25)27(35)33(29)23-15-17(2)9-10-18(23)3/h5-15,31H,4,16H2,1-3H3,(H,30,34). The number of aromatic amines is 1. The second-order valence-corrected chi connectivity index (χ2v) is 9.80. The molecule has 192 valence electrons. The van der Waals surface area contributed by atoms with E-state index in [0.29, 0.717) is 34.0 Å². The van der Waals surface area contributed by atoms with Crippen LogP contribution in [0.1, 0.15) is 28.4 Å². The molecule has 0 aliphatic heterocycles. The van der Waals surface area contributed by atoms with Crippen LogP contribution in [0.4, 0.5) is 5.69 Å². The number of aromatic nitrogens is 3. The maximum absolute atomic E-state index is 13.8. The van der Waals surface area contributed by atoms with E-state index in [-0.39, 0.29) is 17.2 Å². The molecule has 0 spiro atoms. The number of amides is 1. The van der Waals surface area contributed by atoms with E-state index in [1.165, 1.54) is 11.8 Å². The molecule has 0 radical (unpaired) electrons. The third kappa shape index (κ3) is 4.92. The van der Waals surface area contributed by atoms with Crippen LogP contribution in [0.25, 0.3) is 27.6 Å². The van der Waals surface area contributed by atoms with Gasteiger partial charge in [-0.05, 0) is 68.3 Å². The fourth-order valence-corrected chi connectivity index (χ4v) is 5.04. The molecule has 1 amide bonds. The number of anilines is 1. The normalized spacial score (nSPS) is 11.1. The molecular weight excluding hydrogens is 500 g/mol. The second-order valence-electron chi connectivity index (χ2n) is 8.85. The molecule has 0 saturated heterocycles. The van der Waals surface area contributed by atoms with Gasteiger partial charge in [0.15, 0.2) is 5.16 Å². The number of ether oxygens (including phenoxy) is 1. The fourth-order valence-electron chi connectivity index (χ4n) is 4.24. The van der Waals surface area contributed by atoms with Crippen molar-refractivity contribution in [2.75, 3.05) is 17.7 Å². The zero-order chi connectivity index (χ0) is 26.8. The average molecular weight is 527 g/mol. The highest BCUT2D eigenvalue weighted by Gasteiger charge is 2.19. The van der Waals surface area contributed by atoms with E-state index in [0.717, 1.165) is 27.7 Å². The van der Waals surface area contributed by atoms with Gasteiger partial charge in [0.1, 0.15) is 11.0 Å². The van der Waals surface area contributed by atoms with Crippen molar-refractivity contribution < 1.29 is 14.3 Å². The van der Waals surface area contributed by atoms with Crippen molar-refractivity contribution >= 4 is 51.3 Å². The van der Waals surface area contributed by atoms with Crippen LogP contribution in [0.2, 0.25) is 0 Å². The maximum atomic E-state index is 13.8. The molecule has 0 unspecified atom stereocenters. The minimum atomic E-state index is -0.413. The Morgan fingerprint density at radius 3 is 2.58 bits per heavy atom. The summed E-state index contributed by atoms with van der Waals surface area (Å²) in [5.74, 6) is -0.645. The molecule has 0 atom stereocenters. The third-order valence-corrected chi connectivity index (χ3v) is 7.05. The third-order valence-electron chi connectivity index (χ3n) is 6.11. The van der Waals surface area contributed by atoms with Gasteiger partial charge in [-0.15, -0.1) is 0 Å². The van der Waals surface area contributed by atoms with Crippen LogP contribution in [-0.2, 0) is 9.53 Å². The Balaban J connectivity index is 1.47. The van der Waals surface area contributed by atoms with Gasteiger partial charge in [-0.3, -0.25) is 14.2 Å². The van der Waals surface area contributed by atoms with Gasteiger partial charge >= 0.3 is 5.97 Å². The Bertz CT molecular complexity index is 1740. The van der Waals surface area contributed by atoms with Gasteiger partial charge in [-0.1, -0.05) is 42.1 Å². The van der Waals surface area contributed by atoms with Gasteiger partial charge in [-0.2, -0.15) is 0 Å². The molecule has 8 nitrogen and oxygen atoms in total. The number of H-pyrrole nitrogens is 1. The lowest BCUT2D eigenvalue weighted by atomic mass is 10.1. The predicted octanol–water partition coefficient (Wildman–Crippen LogP) is 5.39. The molecule has 38 heavy (non-hydrogen) atoms. The smallest absolute Gasteiger partial charge is 0.338 e. The fraction of sp³-hybridized carbons (Fsp3) is 0.172. The number of esters is 1. The summed E-state index contributed by atoms with van der Waals surface area (Å²) >= 11 is 1.19. The number of aryl methyl sites for hydroxylation is 2. The van der Waals surface area contributed by atoms with Crippen LogP contribution in [0.5, 0.6) is 0 Å². The van der Waals surface area contributed by atoms with Crippen molar-refractivity contribution in [3.05, 3.63) is 93.8 Å². The molecule has 2 aromatic heterocycles. The summed E-state index contributed by atoms with van der Waals surface area (Å²) in [6, 6.07) is 20.0. The van der Waals surface area contributed by atoms with Crippen LogP contribution in [-0.4, -0.2) is 38.8 Å². The van der Waals surface area contributed by atoms with E-state index in [2.05, 4.69) is 10.3 Å². The summed E-state index contributed by atoms with van der Waals surface area (Å²) in [7, 11) is 0. The topological polar surface area (TPSA) is 106 Å². The van der Waals surface area contributed by atoms with Crippen LogP contribution in [0.3, 0.4) is 0 Å². The first-order valence-corrected chi connectivity index (χ1v) is 13.1. The van der Waals surface area contributed by atoms with E-state index in [9.17, 15) is 14.4 Å². The molecule has 2 N–H and O–H groups in total. The molecule has 9 heteroatoms. The Morgan fingerprint density at radius 2 is 1.82 bits per heavy atom. The van der Waals surface area contributed by atoms with E-state index in [1.54, 1.807) is 35.8 Å². The molecule has 2 heterocycles. The number of rotatable bonds is 7. The highest BCUT2D eigenvalue weighted by Crippen LogP contribution is 2.27. The van der Waals surface area contributed by atoms with E-state index < -0.39 is 5.97 Å². The van der Waals surface area contributed by atoms with Crippen LogP contribution in [0, 0.1) is 13.8 Å². The predicted molar refractivity (Wildman–Crippen MR) is 150 cm³/mol. The monoisotopic (exact) mass is 526 g/mol. The van der Waals surface area contributed by atoms with Crippen molar-refractivity contribution in [2.45, 2.75) is 25.9 Å². The minimum Gasteiger partial charge on any atom is -0.462 e. The number of carbonyl (C=O) groups excluding carboxylic acids is 2. The van der Waals surface area contributed by atoms with Crippen LogP contribution < -0.4 is 10.9 Å². The molecule has 0 saturated carbocycles. The SMILES string of the molecule is CCOC(=O)c1ccc(NC(=O)CSc2nc3c([nH]c4ccccc43)c(=O)n2-c2cc(C)ccc2C)cc1. The maximum Gasteiger partial charge on any atom is 0.338 e. The number of hydrogen-bond donors (Lipinski definition) is 2. The Hall–Kier alpha value is -4.37.